The largest absolute Gasteiger partial charge is 0.416 e. The van der Waals surface area contributed by atoms with E-state index in [-0.39, 0.29) is 18.6 Å². The number of carbonyl (C=O) groups excluding carboxylic acids is 1. The number of aromatic amines is 1. The van der Waals surface area contributed by atoms with E-state index < -0.39 is 11.7 Å². The minimum Gasteiger partial charge on any atom is -0.346 e. The normalized spacial score (nSPS) is 11.7. The highest BCUT2D eigenvalue weighted by Crippen LogP contribution is 2.29. The van der Waals surface area contributed by atoms with Crippen LogP contribution < -0.4 is 0 Å². The molecule has 0 saturated carbocycles. The Morgan fingerprint density at radius 3 is 2.40 bits per heavy atom. The van der Waals surface area contributed by atoms with Crippen LogP contribution in [-0.2, 0) is 30.2 Å². The van der Waals surface area contributed by atoms with Gasteiger partial charge in [-0.25, -0.2) is 4.98 Å². The van der Waals surface area contributed by atoms with Crippen molar-refractivity contribution >= 4 is 16.8 Å². The Morgan fingerprint density at radius 2 is 1.63 bits per heavy atom. The first-order valence-corrected chi connectivity index (χ1v) is 9.55. The van der Waals surface area contributed by atoms with Gasteiger partial charge in [0.15, 0.2) is 0 Å². The number of fused-ring (bicyclic) bond motifs is 1. The zero-order chi connectivity index (χ0) is 21.1. The molecule has 6 heteroatoms. The van der Waals surface area contributed by atoms with Crippen LogP contribution in [0.2, 0.25) is 0 Å². The molecular weight excluding hydrogens is 389 g/mol. The molecule has 0 fully saturated rings. The Hall–Kier alpha value is -3.41. The maximum atomic E-state index is 12.8. The number of hydrogen-bond donors (Lipinski definition) is 1. The summed E-state index contributed by atoms with van der Waals surface area (Å²) in [6.45, 7) is 0. The Morgan fingerprint density at radius 1 is 0.900 bits per heavy atom. The zero-order valence-corrected chi connectivity index (χ0v) is 16.0. The Labute approximate surface area is 171 Å². The van der Waals surface area contributed by atoms with E-state index in [0.717, 1.165) is 46.3 Å². The number of H-pyrrole nitrogens is 1. The average molecular weight is 408 g/mol. The molecule has 4 aromatic rings. The molecule has 0 amide bonds. The summed E-state index contributed by atoms with van der Waals surface area (Å²) in [6.07, 6.45) is 0.194. The molecule has 0 atom stereocenters. The lowest BCUT2D eigenvalue weighted by atomic mass is 9.99. The summed E-state index contributed by atoms with van der Waals surface area (Å²) < 4.78 is 38.5. The predicted molar refractivity (Wildman–Crippen MR) is 109 cm³/mol. The van der Waals surface area contributed by atoms with Gasteiger partial charge in [0.25, 0.3) is 0 Å². The number of hydrogen-bond acceptors (Lipinski definition) is 2. The van der Waals surface area contributed by atoms with Crippen LogP contribution in [0, 0.1) is 0 Å². The van der Waals surface area contributed by atoms with Crippen molar-refractivity contribution in [1.82, 2.24) is 9.97 Å². The van der Waals surface area contributed by atoms with E-state index in [9.17, 15) is 18.0 Å². The Bertz CT molecular complexity index is 1180. The fourth-order valence-corrected chi connectivity index (χ4v) is 3.53. The highest BCUT2D eigenvalue weighted by atomic mass is 19.4. The molecule has 0 bridgehead atoms. The topological polar surface area (TPSA) is 45.8 Å². The standard InChI is InChI=1S/C24H19F3N2O/c25-24(26,27)20-4-1-3-18(12-20)14-21(30)13-17-8-6-16(7-9-17)11-19-15-29-23-22(19)5-2-10-28-23/h1-10,12,15H,11,13-14H2,(H,28,29). The molecule has 0 aliphatic heterocycles. The number of Topliss-reactive ketones (excluding diaryl/α,β-unsaturated/α-hetero) is 1. The van der Waals surface area contributed by atoms with Gasteiger partial charge in [-0.3, -0.25) is 4.79 Å². The number of ketones is 1. The number of halogens is 3. The summed E-state index contributed by atoms with van der Waals surface area (Å²) in [7, 11) is 0. The summed E-state index contributed by atoms with van der Waals surface area (Å²) in [5, 5.41) is 1.08. The fraction of sp³-hybridized carbons (Fsp3) is 0.167. The molecule has 0 spiro atoms. The molecule has 2 aromatic carbocycles. The van der Waals surface area contributed by atoms with Crippen molar-refractivity contribution in [3.05, 3.63) is 101 Å². The maximum Gasteiger partial charge on any atom is 0.416 e. The number of pyridine rings is 1. The van der Waals surface area contributed by atoms with E-state index in [0.29, 0.717) is 5.56 Å². The lowest BCUT2D eigenvalue weighted by molar-refractivity contribution is -0.137. The van der Waals surface area contributed by atoms with E-state index in [4.69, 9.17) is 0 Å². The van der Waals surface area contributed by atoms with Crippen LogP contribution in [0.25, 0.3) is 11.0 Å². The van der Waals surface area contributed by atoms with Gasteiger partial charge in [-0.2, -0.15) is 13.2 Å². The first-order valence-electron chi connectivity index (χ1n) is 9.55. The summed E-state index contributed by atoms with van der Waals surface area (Å²) >= 11 is 0. The number of aromatic nitrogens is 2. The van der Waals surface area contributed by atoms with Gasteiger partial charge in [-0.1, -0.05) is 42.5 Å². The van der Waals surface area contributed by atoms with Gasteiger partial charge < -0.3 is 4.98 Å². The van der Waals surface area contributed by atoms with Gasteiger partial charge in [0.1, 0.15) is 11.4 Å². The van der Waals surface area contributed by atoms with E-state index in [1.807, 2.05) is 42.6 Å². The first-order chi connectivity index (χ1) is 14.4. The molecule has 2 heterocycles. The Balaban J connectivity index is 1.39. The summed E-state index contributed by atoms with van der Waals surface area (Å²) in [6, 6.07) is 16.6. The van der Waals surface area contributed by atoms with Crippen molar-refractivity contribution in [2.24, 2.45) is 0 Å². The molecule has 0 aliphatic rings. The van der Waals surface area contributed by atoms with Crippen LogP contribution in [0.5, 0.6) is 0 Å². The first kappa shape index (κ1) is 19.9. The van der Waals surface area contributed by atoms with Crippen molar-refractivity contribution in [3.63, 3.8) is 0 Å². The molecule has 152 valence electrons. The van der Waals surface area contributed by atoms with Crippen molar-refractivity contribution < 1.29 is 18.0 Å². The van der Waals surface area contributed by atoms with E-state index >= 15 is 0 Å². The van der Waals surface area contributed by atoms with Crippen molar-refractivity contribution in [1.29, 1.82) is 0 Å². The third-order valence-corrected chi connectivity index (χ3v) is 5.01. The predicted octanol–water partition coefficient (Wildman–Crippen LogP) is 5.53. The van der Waals surface area contributed by atoms with Crippen LogP contribution in [0.3, 0.4) is 0 Å². The molecule has 4 rings (SSSR count). The van der Waals surface area contributed by atoms with Crippen molar-refractivity contribution in [2.75, 3.05) is 0 Å². The smallest absolute Gasteiger partial charge is 0.346 e. The van der Waals surface area contributed by atoms with Crippen LogP contribution in [0.4, 0.5) is 13.2 Å². The van der Waals surface area contributed by atoms with Crippen LogP contribution in [-0.4, -0.2) is 15.8 Å². The molecular formula is C24H19F3N2O. The number of rotatable bonds is 6. The number of nitrogens with zero attached hydrogens (tertiary/aromatic N) is 1. The number of carbonyl (C=O) groups is 1. The fourth-order valence-electron chi connectivity index (χ4n) is 3.53. The van der Waals surface area contributed by atoms with E-state index in [1.54, 1.807) is 12.3 Å². The van der Waals surface area contributed by atoms with E-state index in [1.165, 1.54) is 6.07 Å². The summed E-state index contributed by atoms with van der Waals surface area (Å²) in [5.74, 6) is -0.121. The minimum atomic E-state index is -4.41. The SMILES string of the molecule is O=C(Cc1ccc(Cc2c[nH]c3ncccc23)cc1)Cc1cccc(C(F)(F)F)c1. The number of benzene rings is 2. The van der Waals surface area contributed by atoms with Gasteiger partial charge in [0.05, 0.1) is 5.56 Å². The van der Waals surface area contributed by atoms with Crippen LogP contribution in [0.1, 0.15) is 27.8 Å². The molecule has 0 saturated heterocycles. The van der Waals surface area contributed by atoms with Crippen LogP contribution >= 0.6 is 0 Å². The number of nitrogens with one attached hydrogen (secondary N) is 1. The quantitative estimate of drug-likeness (QED) is 0.456. The average Bonchev–Trinajstić information content (AvgIpc) is 3.12. The zero-order valence-electron chi connectivity index (χ0n) is 16.0. The molecule has 1 N–H and O–H groups in total. The molecule has 30 heavy (non-hydrogen) atoms. The van der Waals surface area contributed by atoms with E-state index in [2.05, 4.69) is 9.97 Å². The molecule has 0 unspecified atom stereocenters. The highest BCUT2D eigenvalue weighted by Gasteiger charge is 2.30. The van der Waals surface area contributed by atoms with Crippen molar-refractivity contribution in [2.45, 2.75) is 25.4 Å². The number of alkyl halides is 3. The lowest BCUT2D eigenvalue weighted by Gasteiger charge is -2.08. The molecule has 2 aromatic heterocycles. The third kappa shape index (κ3) is 4.59. The highest BCUT2D eigenvalue weighted by molar-refractivity contribution is 5.83. The molecule has 0 radical (unpaired) electrons. The van der Waals surface area contributed by atoms with Gasteiger partial charge >= 0.3 is 6.18 Å². The summed E-state index contributed by atoms with van der Waals surface area (Å²) in [4.78, 5) is 19.8. The summed E-state index contributed by atoms with van der Waals surface area (Å²) in [5.41, 5.74) is 3.59. The second-order valence-electron chi connectivity index (χ2n) is 7.30. The van der Waals surface area contributed by atoms with Gasteiger partial charge in [0.2, 0.25) is 0 Å². The maximum absolute atomic E-state index is 12.8. The lowest BCUT2D eigenvalue weighted by Crippen LogP contribution is -2.09. The van der Waals surface area contributed by atoms with Gasteiger partial charge in [-0.15, -0.1) is 0 Å². The van der Waals surface area contributed by atoms with Crippen LogP contribution in [0.15, 0.2) is 73.1 Å². The van der Waals surface area contributed by atoms with Gasteiger partial charge in [0, 0.05) is 30.6 Å². The second kappa shape index (κ2) is 8.14. The monoisotopic (exact) mass is 408 g/mol. The van der Waals surface area contributed by atoms with Crippen molar-refractivity contribution in [3.8, 4) is 0 Å². The third-order valence-electron chi connectivity index (χ3n) is 5.01. The Kier molecular flexibility index (Phi) is 5.40. The minimum absolute atomic E-state index is 0.0198. The molecule has 3 nitrogen and oxygen atoms in total. The van der Waals surface area contributed by atoms with Gasteiger partial charge in [-0.05, 0) is 46.9 Å². The second-order valence-corrected chi connectivity index (χ2v) is 7.30. The molecule has 0 aliphatic carbocycles.